The van der Waals surface area contributed by atoms with Gasteiger partial charge in [0.2, 0.25) is 10.0 Å². The Bertz CT molecular complexity index is 963. The predicted octanol–water partition coefficient (Wildman–Crippen LogP) is 3.75. The van der Waals surface area contributed by atoms with Crippen molar-refractivity contribution in [2.45, 2.75) is 24.3 Å². The summed E-state index contributed by atoms with van der Waals surface area (Å²) in [6.07, 6.45) is 0.476. The monoisotopic (exact) mass is 414 g/mol. The summed E-state index contributed by atoms with van der Waals surface area (Å²) >= 11 is 12.2. The van der Waals surface area contributed by atoms with E-state index in [-0.39, 0.29) is 17.4 Å². The summed E-state index contributed by atoms with van der Waals surface area (Å²) < 4.78 is 33.5. The second kappa shape index (κ2) is 7.44. The van der Waals surface area contributed by atoms with Crippen LogP contribution in [0.25, 0.3) is 0 Å². The van der Waals surface area contributed by atoms with E-state index in [1.807, 2.05) is 6.92 Å². The van der Waals surface area contributed by atoms with Gasteiger partial charge >= 0.3 is 0 Å². The van der Waals surface area contributed by atoms with Crippen LogP contribution in [0.2, 0.25) is 10.0 Å². The van der Waals surface area contributed by atoms with Gasteiger partial charge in [-0.25, -0.2) is 13.1 Å². The Kier molecular flexibility index (Phi) is 5.43. The van der Waals surface area contributed by atoms with Crippen molar-refractivity contribution in [1.29, 1.82) is 0 Å². The average Bonchev–Trinajstić information content (AvgIpc) is 2.61. The fraction of sp³-hybridized carbons (Fsp3) is 0.235. The number of sulfonamides is 1. The van der Waals surface area contributed by atoms with Gasteiger partial charge in [-0.2, -0.15) is 0 Å². The largest absolute Gasteiger partial charge is 0.482 e. The molecule has 1 atom stereocenters. The lowest BCUT2D eigenvalue weighted by Gasteiger charge is -2.21. The van der Waals surface area contributed by atoms with Gasteiger partial charge in [0.25, 0.3) is 5.91 Å². The van der Waals surface area contributed by atoms with E-state index in [0.717, 1.165) is 0 Å². The van der Waals surface area contributed by atoms with Crippen molar-refractivity contribution in [3.05, 3.63) is 52.0 Å². The van der Waals surface area contributed by atoms with Crippen LogP contribution >= 0.6 is 23.2 Å². The molecule has 0 radical (unpaired) electrons. The molecule has 0 aliphatic carbocycles. The molecule has 0 saturated carbocycles. The lowest BCUT2D eigenvalue weighted by atomic mass is 10.1. The van der Waals surface area contributed by atoms with Gasteiger partial charge in [0.05, 0.1) is 10.6 Å². The average molecular weight is 415 g/mol. The number of benzene rings is 2. The molecule has 0 spiro atoms. The zero-order valence-electron chi connectivity index (χ0n) is 13.8. The number of rotatable bonds is 5. The molecule has 2 aromatic carbocycles. The first-order valence-electron chi connectivity index (χ1n) is 7.84. The van der Waals surface area contributed by atoms with Crippen molar-refractivity contribution in [1.82, 2.24) is 4.72 Å². The number of amides is 1. The van der Waals surface area contributed by atoms with Gasteiger partial charge in [0.1, 0.15) is 5.75 Å². The number of hydrogen-bond acceptors (Lipinski definition) is 4. The highest BCUT2D eigenvalue weighted by Gasteiger charge is 2.24. The second-order valence-corrected chi connectivity index (χ2v) is 8.30. The minimum absolute atomic E-state index is 0.0126. The first-order chi connectivity index (χ1) is 12.3. The van der Waals surface area contributed by atoms with Crippen molar-refractivity contribution >= 4 is 44.8 Å². The maximum atomic E-state index is 12.8. The SMILES string of the molecule is CCC(NS(=O)(=O)c1ccc2c(c1)NC(=O)CO2)c1cc(Cl)ccc1Cl. The van der Waals surface area contributed by atoms with Crippen molar-refractivity contribution in [2.24, 2.45) is 0 Å². The topological polar surface area (TPSA) is 84.5 Å². The molecule has 0 saturated heterocycles. The Balaban J connectivity index is 1.91. The Morgan fingerprint density at radius 1 is 1.23 bits per heavy atom. The van der Waals surface area contributed by atoms with Crippen LogP contribution in [0.3, 0.4) is 0 Å². The summed E-state index contributed by atoms with van der Waals surface area (Å²) in [5, 5.41) is 3.49. The van der Waals surface area contributed by atoms with E-state index in [9.17, 15) is 13.2 Å². The van der Waals surface area contributed by atoms with Gasteiger partial charge in [-0.1, -0.05) is 30.1 Å². The number of hydrogen-bond donors (Lipinski definition) is 2. The third kappa shape index (κ3) is 3.96. The number of ether oxygens (including phenoxy) is 1. The van der Waals surface area contributed by atoms with Crippen LogP contribution < -0.4 is 14.8 Å². The number of fused-ring (bicyclic) bond motifs is 1. The predicted molar refractivity (Wildman–Crippen MR) is 100 cm³/mol. The van der Waals surface area contributed by atoms with Gasteiger partial charge in [0.15, 0.2) is 6.61 Å². The Labute approximate surface area is 161 Å². The summed E-state index contributed by atoms with van der Waals surface area (Å²) in [5.41, 5.74) is 0.915. The Morgan fingerprint density at radius 2 is 2.00 bits per heavy atom. The zero-order valence-corrected chi connectivity index (χ0v) is 16.1. The van der Waals surface area contributed by atoms with Crippen LogP contribution in [0.1, 0.15) is 24.9 Å². The summed E-state index contributed by atoms with van der Waals surface area (Å²) in [6, 6.07) is 8.65. The Morgan fingerprint density at radius 3 is 2.73 bits per heavy atom. The van der Waals surface area contributed by atoms with Crippen molar-refractivity contribution < 1.29 is 17.9 Å². The molecule has 26 heavy (non-hydrogen) atoms. The van der Waals surface area contributed by atoms with E-state index in [4.69, 9.17) is 27.9 Å². The van der Waals surface area contributed by atoms with Crippen molar-refractivity contribution in [3.63, 3.8) is 0 Å². The van der Waals surface area contributed by atoms with Crippen LogP contribution in [0, 0.1) is 0 Å². The molecule has 6 nitrogen and oxygen atoms in total. The normalized spacial score (nSPS) is 15.0. The number of nitrogens with one attached hydrogen (secondary N) is 2. The molecule has 1 unspecified atom stereocenters. The quantitative estimate of drug-likeness (QED) is 0.779. The number of halogens is 2. The van der Waals surface area contributed by atoms with E-state index >= 15 is 0 Å². The maximum absolute atomic E-state index is 12.8. The number of carbonyl (C=O) groups is 1. The van der Waals surface area contributed by atoms with Gasteiger partial charge in [-0.05, 0) is 48.4 Å². The molecule has 0 aromatic heterocycles. The summed E-state index contributed by atoms with van der Waals surface area (Å²) in [6.45, 7) is 1.74. The molecule has 2 aromatic rings. The molecule has 1 amide bonds. The third-order valence-corrected chi connectivity index (χ3v) is 5.98. The minimum Gasteiger partial charge on any atom is -0.482 e. The van der Waals surface area contributed by atoms with Gasteiger partial charge in [0, 0.05) is 16.1 Å². The second-order valence-electron chi connectivity index (χ2n) is 5.74. The molecular weight excluding hydrogens is 399 g/mol. The molecule has 3 rings (SSSR count). The smallest absolute Gasteiger partial charge is 0.262 e. The number of carbonyl (C=O) groups excluding carboxylic acids is 1. The van der Waals surface area contributed by atoms with Crippen LogP contribution in [0.5, 0.6) is 5.75 Å². The lowest BCUT2D eigenvalue weighted by molar-refractivity contribution is -0.118. The van der Waals surface area contributed by atoms with Crippen LogP contribution in [-0.2, 0) is 14.8 Å². The van der Waals surface area contributed by atoms with Crippen LogP contribution in [0.15, 0.2) is 41.3 Å². The fourth-order valence-corrected chi connectivity index (χ4v) is 4.39. The molecule has 0 fully saturated rings. The lowest BCUT2D eigenvalue weighted by Crippen LogP contribution is -2.29. The molecule has 9 heteroatoms. The first kappa shape index (κ1) is 19.0. The van der Waals surface area contributed by atoms with E-state index in [1.165, 1.54) is 18.2 Å². The fourth-order valence-electron chi connectivity index (χ4n) is 2.63. The molecule has 2 N–H and O–H groups in total. The highest BCUT2D eigenvalue weighted by Crippen LogP contribution is 2.32. The molecule has 1 aliphatic heterocycles. The van der Waals surface area contributed by atoms with Gasteiger partial charge in [-0.15, -0.1) is 0 Å². The van der Waals surface area contributed by atoms with Crippen molar-refractivity contribution in [2.75, 3.05) is 11.9 Å². The van der Waals surface area contributed by atoms with Crippen LogP contribution in [0.4, 0.5) is 5.69 Å². The van der Waals surface area contributed by atoms with Crippen LogP contribution in [-0.4, -0.2) is 20.9 Å². The van der Waals surface area contributed by atoms with E-state index in [1.54, 1.807) is 18.2 Å². The first-order valence-corrected chi connectivity index (χ1v) is 10.1. The van der Waals surface area contributed by atoms with Crippen molar-refractivity contribution in [3.8, 4) is 5.75 Å². The molecule has 138 valence electrons. The highest BCUT2D eigenvalue weighted by molar-refractivity contribution is 7.89. The Hall–Kier alpha value is -1.80. The van der Waals surface area contributed by atoms with Gasteiger partial charge in [-0.3, -0.25) is 4.79 Å². The van der Waals surface area contributed by atoms with Gasteiger partial charge < -0.3 is 10.1 Å². The van der Waals surface area contributed by atoms with E-state index < -0.39 is 16.1 Å². The molecule has 1 aliphatic rings. The minimum atomic E-state index is -3.86. The zero-order chi connectivity index (χ0) is 18.9. The van der Waals surface area contributed by atoms with E-state index in [0.29, 0.717) is 33.5 Å². The maximum Gasteiger partial charge on any atom is 0.262 e. The number of anilines is 1. The third-order valence-electron chi connectivity index (χ3n) is 3.93. The molecule has 1 heterocycles. The van der Waals surface area contributed by atoms with E-state index in [2.05, 4.69) is 10.0 Å². The summed E-state index contributed by atoms with van der Waals surface area (Å²) in [7, 11) is -3.86. The standard InChI is InChI=1S/C17H16Cl2N2O4S/c1-2-14(12-7-10(18)3-5-13(12)19)21-26(23,24)11-4-6-16-15(8-11)20-17(22)9-25-16/h3-8,14,21H,2,9H2,1H3,(H,20,22). The molecular formula is C17H16Cl2N2O4S. The summed E-state index contributed by atoms with van der Waals surface area (Å²) in [4.78, 5) is 11.4. The molecule has 0 bridgehead atoms. The summed E-state index contributed by atoms with van der Waals surface area (Å²) in [5.74, 6) is 0.0885. The highest BCUT2D eigenvalue weighted by atomic mass is 35.5.